The van der Waals surface area contributed by atoms with Crippen LogP contribution in [0.3, 0.4) is 0 Å². The van der Waals surface area contributed by atoms with Crippen molar-refractivity contribution in [1.82, 2.24) is 15.3 Å². The minimum atomic E-state index is -0.472. The van der Waals surface area contributed by atoms with E-state index in [-0.39, 0.29) is 5.70 Å². The van der Waals surface area contributed by atoms with Crippen molar-refractivity contribution >= 4 is 44.9 Å². The molecule has 2 aromatic heterocycles. The third-order valence-corrected chi connectivity index (χ3v) is 5.97. The number of imide groups is 1. The predicted octanol–water partition coefficient (Wildman–Crippen LogP) is 3.95. The highest BCUT2D eigenvalue weighted by molar-refractivity contribution is 7.17. The minimum absolute atomic E-state index is 0.193. The second-order valence-electron chi connectivity index (χ2n) is 7.12. The van der Waals surface area contributed by atoms with Crippen molar-refractivity contribution in [3.05, 3.63) is 71.2 Å². The topological polar surface area (TPSA) is 110 Å². The summed E-state index contributed by atoms with van der Waals surface area (Å²) in [5.74, 6) is 0.0838. The molecule has 7 nitrogen and oxygen atoms in total. The predicted molar refractivity (Wildman–Crippen MR) is 122 cm³/mol. The quantitative estimate of drug-likeness (QED) is 0.336. The maximum absolute atomic E-state index is 12.3. The molecule has 0 unspecified atom stereocenters. The standard InChI is InChI=1S/C23H17N5O2S/c1-12-18(22(30)28-21(12)29)25-20-17-16(13-5-3-2-4-6-13)11-31-23(17)27-19(26-20)14-7-9-15(24)10-8-14/h2-11H,24H2,1H3,(H2,25,26,27,28,29,30). The van der Waals surface area contributed by atoms with Crippen LogP contribution in [-0.4, -0.2) is 21.8 Å². The van der Waals surface area contributed by atoms with Crippen molar-refractivity contribution in [2.45, 2.75) is 6.92 Å². The Kier molecular flexibility index (Phi) is 4.48. The Morgan fingerprint density at radius 1 is 0.935 bits per heavy atom. The van der Waals surface area contributed by atoms with Crippen molar-refractivity contribution in [2.24, 2.45) is 0 Å². The highest BCUT2D eigenvalue weighted by Crippen LogP contribution is 2.39. The van der Waals surface area contributed by atoms with Gasteiger partial charge in [-0.25, -0.2) is 9.97 Å². The summed E-state index contributed by atoms with van der Waals surface area (Å²) in [4.78, 5) is 34.5. The lowest BCUT2D eigenvalue weighted by atomic mass is 10.1. The SMILES string of the molecule is CC1=C(Nc2nc(-c3ccc(N)cc3)nc3scc(-c4ccccc4)c23)C(=O)NC1=O. The summed E-state index contributed by atoms with van der Waals surface area (Å²) >= 11 is 1.50. The van der Waals surface area contributed by atoms with Gasteiger partial charge in [0, 0.05) is 27.8 Å². The van der Waals surface area contributed by atoms with Gasteiger partial charge >= 0.3 is 0 Å². The van der Waals surface area contributed by atoms with Gasteiger partial charge in [-0.1, -0.05) is 30.3 Å². The first-order chi connectivity index (χ1) is 15.0. The summed E-state index contributed by atoms with van der Waals surface area (Å²) in [6.45, 7) is 1.60. The molecule has 0 radical (unpaired) electrons. The van der Waals surface area contributed by atoms with E-state index in [1.165, 1.54) is 11.3 Å². The van der Waals surface area contributed by atoms with Crippen LogP contribution in [0.4, 0.5) is 11.5 Å². The number of anilines is 2. The molecule has 1 aliphatic heterocycles. The van der Waals surface area contributed by atoms with Gasteiger partial charge in [0.1, 0.15) is 16.3 Å². The molecule has 0 spiro atoms. The van der Waals surface area contributed by atoms with Crippen LogP contribution in [0.15, 0.2) is 71.2 Å². The van der Waals surface area contributed by atoms with Crippen LogP contribution in [0.1, 0.15) is 6.92 Å². The molecule has 4 N–H and O–H groups in total. The lowest BCUT2D eigenvalue weighted by Crippen LogP contribution is -2.24. The van der Waals surface area contributed by atoms with Gasteiger partial charge in [-0.15, -0.1) is 11.3 Å². The average Bonchev–Trinajstić information content (AvgIpc) is 3.31. The molecule has 31 heavy (non-hydrogen) atoms. The number of aromatic nitrogens is 2. The lowest BCUT2D eigenvalue weighted by Gasteiger charge is -2.11. The van der Waals surface area contributed by atoms with Gasteiger partial charge in [0.25, 0.3) is 11.8 Å². The highest BCUT2D eigenvalue weighted by atomic mass is 32.1. The van der Waals surface area contributed by atoms with Gasteiger partial charge in [-0.05, 0) is 36.8 Å². The molecule has 0 bridgehead atoms. The fourth-order valence-corrected chi connectivity index (χ4v) is 4.38. The van der Waals surface area contributed by atoms with E-state index in [2.05, 4.69) is 10.6 Å². The van der Waals surface area contributed by atoms with Gasteiger partial charge in [-0.3, -0.25) is 14.9 Å². The zero-order valence-electron chi connectivity index (χ0n) is 16.5. The number of benzene rings is 2. The lowest BCUT2D eigenvalue weighted by molar-refractivity contribution is -0.124. The molecule has 2 amide bonds. The second-order valence-corrected chi connectivity index (χ2v) is 7.98. The number of nitrogens with zero attached hydrogens (tertiary/aromatic N) is 2. The molecule has 1 aliphatic rings. The van der Waals surface area contributed by atoms with Crippen molar-refractivity contribution in [3.8, 4) is 22.5 Å². The van der Waals surface area contributed by atoms with E-state index in [1.807, 2.05) is 47.8 Å². The van der Waals surface area contributed by atoms with Crippen LogP contribution in [0.5, 0.6) is 0 Å². The molecular formula is C23H17N5O2S. The number of rotatable bonds is 4. The zero-order valence-corrected chi connectivity index (χ0v) is 17.3. The van der Waals surface area contributed by atoms with E-state index in [1.54, 1.807) is 19.1 Å². The van der Waals surface area contributed by atoms with Crippen LogP contribution in [-0.2, 0) is 9.59 Å². The van der Waals surface area contributed by atoms with Crippen molar-refractivity contribution in [3.63, 3.8) is 0 Å². The minimum Gasteiger partial charge on any atom is -0.399 e. The first kappa shape index (κ1) is 19.0. The number of fused-ring (bicyclic) bond motifs is 1. The fourth-order valence-electron chi connectivity index (χ4n) is 3.44. The van der Waals surface area contributed by atoms with Crippen LogP contribution < -0.4 is 16.4 Å². The number of nitrogens with one attached hydrogen (secondary N) is 2. The molecule has 4 aromatic rings. The smallest absolute Gasteiger partial charge is 0.275 e. The molecule has 0 saturated carbocycles. The molecule has 8 heteroatoms. The van der Waals surface area contributed by atoms with Gasteiger partial charge in [0.15, 0.2) is 5.82 Å². The summed E-state index contributed by atoms with van der Waals surface area (Å²) in [7, 11) is 0. The monoisotopic (exact) mass is 427 g/mol. The number of nitrogens with two attached hydrogens (primary N) is 1. The number of carbonyl (C=O) groups is 2. The molecular weight excluding hydrogens is 410 g/mol. The molecule has 2 aromatic carbocycles. The summed E-state index contributed by atoms with van der Waals surface area (Å²) in [5, 5.41) is 8.23. The second kappa shape index (κ2) is 7.33. The first-order valence-corrected chi connectivity index (χ1v) is 10.4. The third-order valence-electron chi connectivity index (χ3n) is 5.10. The third kappa shape index (κ3) is 3.32. The number of hydrogen-bond donors (Lipinski definition) is 3. The number of amides is 2. The van der Waals surface area contributed by atoms with E-state index in [0.29, 0.717) is 22.9 Å². The molecule has 0 fully saturated rings. The number of carbonyl (C=O) groups excluding carboxylic acids is 2. The Balaban J connectivity index is 1.73. The Hall–Kier alpha value is -4.04. The highest BCUT2D eigenvalue weighted by Gasteiger charge is 2.28. The summed E-state index contributed by atoms with van der Waals surface area (Å²) in [5.41, 5.74) is 9.74. The molecule has 0 atom stereocenters. The van der Waals surface area contributed by atoms with Crippen molar-refractivity contribution < 1.29 is 9.59 Å². The molecule has 0 saturated heterocycles. The van der Waals surface area contributed by atoms with Gasteiger partial charge < -0.3 is 11.1 Å². The van der Waals surface area contributed by atoms with E-state index < -0.39 is 11.8 Å². The summed E-state index contributed by atoms with van der Waals surface area (Å²) < 4.78 is 0. The largest absolute Gasteiger partial charge is 0.399 e. The van der Waals surface area contributed by atoms with Crippen LogP contribution >= 0.6 is 11.3 Å². The average molecular weight is 427 g/mol. The maximum atomic E-state index is 12.3. The van der Waals surface area contributed by atoms with Crippen molar-refractivity contribution in [1.29, 1.82) is 0 Å². The normalized spacial score (nSPS) is 13.7. The van der Waals surface area contributed by atoms with Crippen LogP contribution in [0, 0.1) is 0 Å². The molecule has 152 valence electrons. The zero-order chi connectivity index (χ0) is 21.5. The Morgan fingerprint density at radius 2 is 1.68 bits per heavy atom. The van der Waals surface area contributed by atoms with E-state index in [0.717, 1.165) is 26.9 Å². The maximum Gasteiger partial charge on any atom is 0.275 e. The summed E-state index contributed by atoms with van der Waals surface area (Å²) in [6.07, 6.45) is 0. The Bertz CT molecular complexity index is 1370. The van der Waals surface area contributed by atoms with E-state index in [4.69, 9.17) is 15.7 Å². The van der Waals surface area contributed by atoms with Crippen LogP contribution in [0.2, 0.25) is 0 Å². The van der Waals surface area contributed by atoms with E-state index in [9.17, 15) is 9.59 Å². The fraction of sp³-hybridized carbons (Fsp3) is 0.0435. The van der Waals surface area contributed by atoms with Gasteiger partial charge in [0.2, 0.25) is 0 Å². The number of hydrogen-bond acceptors (Lipinski definition) is 7. The van der Waals surface area contributed by atoms with Crippen LogP contribution in [0.25, 0.3) is 32.7 Å². The van der Waals surface area contributed by atoms with E-state index >= 15 is 0 Å². The van der Waals surface area contributed by atoms with Gasteiger partial charge in [0.05, 0.1) is 5.39 Å². The first-order valence-electron chi connectivity index (χ1n) is 9.55. The Morgan fingerprint density at radius 3 is 2.35 bits per heavy atom. The van der Waals surface area contributed by atoms with Crippen molar-refractivity contribution in [2.75, 3.05) is 11.1 Å². The molecule has 0 aliphatic carbocycles. The number of thiophene rings is 1. The summed E-state index contributed by atoms with van der Waals surface area (Å²) in [6, 6.07) is 17.2. The number of nitrogen functional groups attached to an aromatic ring is 1. The Labute approximate surface area is 181 Å². The van der Waals surface area contributed by atoms with Gasteiger partial charge in [-0.2, -0.15) is 0 Å². The molecule has 5 rings (SSSR count). The molecule has 3 heterocycles.